The Labute approximate surface area is 175 Å². The summed E-state index contributed by atoms with van der Waals surface area (Å²) in [6.45, 7) is 2.07. The number of carboxylic acid groups (broad SMARTS) is 1. The zero-order valence-electron chi connectivity index (χ0n) is 16.8. The highest BCUT2D eigenvalue weighted by molar-refractivity contribution is 7.88. The quantitative estimate of drug-likeness (QED) is 0.205. The zero-order valence-corrected chi connectivity index (χ0v) is 17.6. The molecule has 162 valence electrons. The smallest absolute Gasteiger partial charge is 0.330 e. The molecule has 0 aliphatic carbocycles. The molecule has 0 radical (unpaired) electrons. The number of sulfonamides is 1. The number of carboxylic acids is 1. The Morgan fingerprint density at radius 3 is 2.43 bits per heavy atom. The molecule has 0 spiro atoms. The molecule has 1 unspecified atom stereocenters. The van der Waals surface area contributed by atoms with Crippen molar-refractivity contribution in [1.29, 1.82) is 5.41 Å². The Balaban J connectivity index is 2.28. The number of hydrogen-bond donors (Lipinski definition) is 5. The molecule has 2 aromatic rings. The van der Waals surface area contributed by atoms with Crippen molar-refractivity contribution in [2.24, 2.45) is 5.73 Å². The summed E-state index contributed by atoms with van der Waals surface area (Å²) in [7, 11) is -3.34. The molecule has 0 bridgehead atoms. The van der Waals surface area contributed by atoms with Crippen molar-refractivity contribution in [2.45, 2.75) is 19.4 Å². The molecule has 1 atom stereocenters. The number of nitrogen functional groups attached to an aromatic ring is 1. The van der Waals surface area contributed by atoms with Crippen molar-refractivity contribution in [3.63, 3.8) is 0 Å². The highest BCUT2D eigenvalue weighted by atomic mass is 32.2. The second-order valence-electron chi connectivity index (χ2n) is 6.65. The number of ether oxygens (including phenoxy) is 1. The lowest BCUT2D eigenvalue weighted by Crippen LogP contribution is -2.27. The number of aryl methyl sites for hydroxylation is 1. The van der Waals surface area contributed by atoms with E-state index in [4.69, 9.17) is 15.9 Å². The summed E-state index contributed by atoms with van der Waals surface area (Å²) in [5.74, 6) is -0.828. The van der Waals surface area contributed by atoms with Gasteiger partial charge in [0.25, 0.3) is 0 Å². The van der Waals surface area contributed by atoms with Crippen LogP contribution < -0.4 is 20.5 Å². The SMILES string of the molecule is CCc1ccc(OCCNS(C)(=O)=O)c(C(Nc2ccc(C(=N)N)cc2)C(=O)O)c1. The van der Waals surface area contributed by atoms with E-state index in [1.54, 1.807) is 36.4 Å². The Morgan fingerprint density at radius 1 is 1.23 bits per heavy atom. The third-order valence-electron chi connectivity index (χ3n) is 4.27. The van der Waals surface area contributed by atoms with Gasteiger partial charge < -0.3 is 20.9 Å². The van der Waals surface area contributed by atoms with E-state index >= 15 is 0 Å². The number of nitrogens with one attached hydrogen (secondary N) is 3. The third kappa shape index (κ3) is 6.75. The topological polar surface area (TPSA) is 155 Å². The second-order valence-corrected chi connectivity index (χ2v) is 8.48. The van der Waals surface area contributed by atoms with Crippen molar-refractivity contribution in [3.8, 4) is 5.75 Å². The number of hydrogen-bond acceptors (Lipinski definition) is 6. The molecule has 6 N–H and O–H groups in total. The minimum Gasteiger partial charge on any atom is -0.492 e. The van der Waals surface area contributed by atoms with Crippen LogP contribution in [0.1, 0.15) is 29.7 Å². The number of carbonyl (C=O) groups is 1. The van der Waals surface area contributed by atoms with Gasteiger partial charge in [0.2, 0.25) is 10.0 Å². The van der Waals surface area contributed by atoms with Crippen LogP contribution in [0.3, 0.4) is 0 Å². The van der Waals surface area contributed by atoms with Gasteiger partial charge in [0.15, 0.2) is 6.04 Å². The molecule has 30 heavy (non-hydrogen) atoms. The van der Waals surface area contributed by atoms with Crippen LogP contribution in [0.15, 0.2) is 42.5 Å². The van der Waals surface area contributed by atoms with Crippen molar-refractivity contribution in [3.05, 3.63) is 59.2 Å². The highest BCUT2D eigenvalue weighted by Crippen LogP contribution is 2.30. The first-order valence-electron chi connectivity index (χ1n) is 9.24. The van der Waals surface area contributed by atoms with E-state index in [0.29, 0.717) is 29.0 Å². The highest BCUT2D eigenvalue weighted by Gasteiger charge is 2.24. The van der Waals surface area contributed by atoms with Crippen LogP contribution in [-0.4, -0.2) is 44.7 Å². The van der Waals surface area contributed by atoms with Gasteiger partial charge in [-0.25, -0.2) is 17.9 Å². The average molecular weight is 435 g/mol. The van der Waals surface area contributed by atoms with Gasteiger partial charge in [-0.2, -0.15) is 0 Å². The van der Waals surface area contributed by atoms with Crippen molar-refractivity contribution in [2.75, 3.05) is 24.7 Å². The van der Waals surface area contributed by atoms with Gasteiger partial charge in [-0.05, 0) is 48.4 Å². The molecule has 0 aromatic heterocycles. The average Bonchev–Trinajstić information content (AvgIpc) is 2.69. The summed E-state index contributed by atoms with van der Waals surface area (Å²) in [6.07, 6.45) is 1.76. The number of benzene rings is 2. The van der Waals surface area contributed by atoms with Crippen LogP contribution in [0.4, 0.5) is 5.69 Å². The molecule has 0 heterocycles. The minimum atomic E-state index is -3.34. The molecule has 0 saturated heterocycles. The predicted molar refractivity (Wildman–Crippen MR) is 116 cm³/mol. The third-order valence-corrected chi connectivity index (χ3v) is 5.00. The Morgan fingerprint density at radius 2 is 1.90 bits per heavy atom. The molecular formula is C20H26N4O5S. The van der Waals surface area contributed by atoms with Gasteiger partial charge >= 0.3 is 5.97 Å². The normalized spacial score (nSPS) is 12.2. The van der Waals surface area contributed by atoms with Crippen LogP contribution in [0.2, 0.25) is 0 Å². The maximum Gasteiger partial charge on any atom is 0.330 e. The number of nitrogens with two attached hydrogens (primary N) is 1. The lowest BCUT2D eigenvalue weighted by atomic mass is 10.0. The summed E-state index contributed by atoms with van der Waals surface area (Å²) in [5, 5.41) is 20.2. The summed E-state index contributed by atoms with van der Waals surface area (Å²) >= 11 is 0. The first-order valence-corrected chi connectivity index (χ1v) is 11.1. The van der Waals surface area contributed by atoms with E-state index in [1.165, 1.54) is 0 Å². The van der Waals surface area contributed by atoms with E-state index in [1.807, 2.05) is 13.0 Å². The largest absolute Gasteiger partial charge is 0.492 e. The number of amidine groups is 1. The predicted octanol–water partition coefficient (Wildman–Crippen LogP) is 1.70. The van der Waals surface area contributed by atoms with Crippen molar-refractivity contribution in [1.82, 2.24) is 4.72 Å². The molecule has 0 amide bonds. The van der Waals surface area contributed by atoms with Crippen LogP contribution in [0.5, 0.6) is 5.75 Å². The summed E-state index contributed by atoms with van der Waals surface area (Å²) in [6, 6.07) is 10.7. The van der Waals surface area contributed by atoms with Gasteiger partial charge in [-0.3, -0.25) is 5.41 Å². The molecule has 0 fully saturated rings. The van der Waals surface area contributed by atoms with Gasteiger partial charge in [0, 0.05) is 23.4 Å². The van der Waals surface area contributed by atoms with E-state index in [9.17, 15) is 18.3 Å². The monoisotopic (exact) mass is 434 g/mol. The molecule has 2 rings (SSSR count). The molecule has 0 aliphatic rings. The fraction of sp³-hybridized carbons (Fsp3) is 0.300. The van der Waals surface area contributed by atoms with Crippen molar-refractivity contribution >= 4 is 27.5 Å². The maximum atomic E-state index is 12.0. The summed E-state index contributed by atoms with van der Waals surface area (Å²) < 4.78 is 30.4. The molecule has 9 nitrogen and oxygen atoms in total. The molecule has 10 heteroatoms. The second kappa shape index (κ2) is 10.1. The Bertz CT molecular complexity index is 1010. The molecule has 0 saturated carbocycles. The van der Waals surface area contributed by atoms with E-state index < -0.39 is 22.0 Å². The molecular weight excluding hydrogens is 408 g/mol. The number of aliphatic carboxylic acids is 1. The fourth-order valence-electron chi connectivity index (χ4n) is 2.75. The van der Waals surface area contributed by atoms with Gasteiger partial charge in [-0.15, -0.1) is 0 Å². The standard InChI is InChI=1S/C20H26N4O5S/c1-3-13-4-9-17(29-11-10-23-30(2,27)28)16(12-13)18(20(25)26)24-15-7-5-14(6-8-15)19(21)22/h4-9,12,18,23-24H,3,10-11H2,1-2H3,(H3,21,22)(H,25,26). The van der Waals surface area contributed by atoms with E-state index in [-0.39, 0.29) is 19.0 Å². The zero-order chi connectivity index (χ0) is 22.3. The van der Waals surface area contributed by atoms with Crippen LogP contribution in [0, 0.1) is 5.41 Å². The first-order chi connectivity index (χ1) is 14.1. The Kier molecular flexibility index (Phi) is 7.79. The minimum absolute atomic E-state index is 0.0468. The Hall–Kier alpha value is -3.11. The number of rotatable bonds is 11. The van der Waals surface area contributed by atoms with Crippen LogP contribution in [0.25, 0.3) is 0 Å². The van der Waals surface area contributed by atoms with E-state index in [0.717, 1.165) is 11.8 Å². The maximum absolute atomic E-state index is 12.0. The first kappa shape index (κ1) is 23.2. The molecule has 0 aliphatic heterocycles. The lowest BCUT2D eigenvalue weighted by molar-refractivity contribution is -0.138. The summed E-state index contributed by atoms with van der Waals surface area (Å²) in [5.41, 5.74) is 7.89. The molecule has 2 aromatic carbocycles. The van der Waals surface area contributed by atoms with Crippen molar-refractivity contribution < 1.29 is 23.1 Å². The number of anilines is 1. The summed E-state index contributed by atoms with van der Waals surface area (Å²) in [4.78, 5) is 12.0. The lowest BCUT2D eigenvalue weighted by Gasteiger charge is -2.21. The van der Waals surface area contributed by atoms with Crippen LogP contribution >= 0.6 is 0 Å². The fourth-order valence-corrected chi connectivity index (χ4v) is 3.20. The van der Waals surface area contributed by atoms with Gasteiger partial charge in [-0.1, -0.05) is 13.0 Å². The van der Waals surface area contributed by atoms with E-state index in [2.05, 4.69) is 10.0 Å². The van der Waals surface area contributed by atoms with Gasteiger partial charge in [0.05, 0.1) is 6.26 Å². The van der Waals surface area contributed by atoms with Gasteiger partial charge in [0.1, 0.15) is 18.2 Å². The van der Waals surface area contributed by atoms with Crippen LogP contribution in [-0.2, 0) is 21.2 Å².